The first-order chi connectivity index (χ1) is 14.8. The van der Waals surface area contributed by atoms with Crippen molar-refractivity contribution in [3.8, 4) is 28.1 Å². The van der Waals surface area contributed by atoms with E-state index >= 15 is 0 Å². The molecule has 0 amide bonds. The number of aryl methyl sites for hydroxylation is 1. The summed E-state index contributed by atoms with van der Waals surface area (Å²) < 4.78 is 2.28. The van der Waals surface area contributed by atoms with E-state index in [0.717, 1.165) is 11.4 Å². The molecule has 0 atom stereocenters. The molecule has 0 saturated heterocycles. The molecule has 0 N–H and O–H groups in total. The van der Waals surface area contributed by atoms with E-state index < -0.39 is 0 Å². The molecule has 1 aliphatic carbocycles. The van der Waals surface area contributed by atoms with Crippen molar-refractivity contribution in [3.05, 3.63) is 90.9 Å². The smallest absolute Gasteiger partial charge is 0.138 e. The molecule has 3 aromatic heterocycles. The molecule has 1 aliphatic rings. The van der Waals surface area contributed by atoms with Crippen molar-refractivity contribution in [2.75, 3.05) is 0 Å². The van der Waals surface area contributed by atoms with Gasteiger partial charge in [-0.05, 0) is 42.3 Å². The van der Waals surface area contributed by atoms with Gasteiger partial charge in [0.25, 0.3) is 0 Å². The van der Waals surface area contributed by atoms with Gasteiger partial charge in [-0.25, -0.2) is 4.98 Å². The Morgan fingerprint density at radius 3 is 2.53 bits per heavy atom. The maximum Gasteiger partial charge on any atom is 0.138 e. The number of hydrogen-bond donors (Lipinski definition) is 0. The SMILES string of the molecule is Cc1ccc2c(c1)c1ccccc1n2-c1cc2c(cn1)-c1cncc3cccc-2c13. The standard InChI is InChI=1S/C27H17N3/c1-16-9-10-25-21(11-16)18-6-2-3-8-24(18)30(25)26-12-20-19-7-4-5-17-13-28-14-23(27(17)19)22(20)15-29-26/h2-15H,1H3. The monoisotopic (exact) mass is 383 g/mol. The molecule has 3 heterocycles. The Balaban J connectivity index is 1.57. The lowest BCUT2D eigenvalue weighted by molar-refractivity contribution is 1.08. The number of rotatable bonds is 1. The largest absolute Gasteiger partial charge is 0.294 e. The summed E-state index contributed by atoms with van der Waals surface area (Å²) in [6.45, 7) is 2.14. The number of fused-ring (bicyclic) bond motifs is 6. The average molecular weight is 383 g/mol. The molecule has 3 aromatic carbocycles. The highest BCUT2D eigenvalue weighted by atomic mass is 15.1. The molecular formula is C27H17N3. The van der Waals surface area contributed by atoms with Crippen LogP contribution in [0, 0.1) is 6.92 Å². The maximum atomic E-state index is 4.92. The Morgan fingerprint density at radius 1 is 0.667 bits per heavy atom. The Kier molecular flexibility index (Phi) is 2.94. The second-order valence-electron chi connectivity index (χ2n) is 8.05. The van der Waals surface area contributed by atoms with Gasteiger partial charge in [-0.3, -0.25) is 9.55 Å². The van der Waals surface area contributed by atoms with Crippen molar-refractivity contribution in [2.45, 2.75) is 6.92 Å². The Labute approximate surface area is 173 Å². The summed E-state index contributed by atoms with van der Waals surface area (Å²) in [5, 5.41) is 4.98. The summed E-state index contributed by atoms with van der Waals surface area (Å²) in [4.78, 5) is 9.37. The molecule has 7 rings (SSSR count). The van der Waals surface area contributed by atoms with E-state index in [-0.39, 0.29) is 0 Å². The predicted molar refractivity (Wildman–Crippen MR) is 123 cm³/mol. The Hall–Kier alpha value is -3.98. The summed E-state index contributed by atoms with van der Waals surface area (Å²) in [5.41, 5.74) is 8.46. The van der Waals surface area contributed by atoms with E-state index in [1.807, 2.05) is 18.6 Å². The van der Waals surface area contributed by atoms with Crippen LogP contribution in [0.1, 0.15) is 5.56 Å². The van der Waals surface area contributed by atoms with Crippen LogP contribution in [-0.2, 0) is 0 Å². The summed E-state index contributed by atoms with van der Waals surface area (Å²) >= 11 is 0. The van der Waals surface area contributed by atoms with Crippen LogP contribution in [0.2, 0.25) is 0 Å². The third-order valence-electron chi connectivity index (χ3n) is 6.31. The average Bonchev–Trinajstić information content (AvgIpc) is 3.28. The van der Waals surface area contributed by atoms with Crippen molar-refractivity contribution < 1.29 is 0 Å². The lowest BCUT2D eigenvalue weighted by Crippen LogP contribution is -1.98. The lowest BCUT2D eigenvalue weighted by Gasteiger charge is -2.10. The quantitative estimate of drug-likeness (QED) is 0.316. The normalized spacial score (nSPS) is 12.2. The third-order valence-corrected chi connectivity index (χ3v) is 6.31. The predicted octanol–water partition coefficient (Wildman–Crippen LogP) is 6.68. The van der Waals surface area contributed by atoms with Gasteiger partial charge < -0.3 is 0 Å². The van der Waals surface area contributed by atoms with Gasteiger partial charge in [0.05, 0.1) is 11.0 Å². The molecule has 6 aromatic rings. The summed E-state index contributed by atoms with van der Waals surface area (Å²) in [6, 6.07) is 23.9. The van der Waals surface area contributed by atoms with Crippen LogP contribution in [0.5, 0.6) is 0 Å². The molecule has 0 fully saturated rings. The van der Waals surface area contributed by atoms with Gasteiger partial charge in [-0.1, -0.05) is 48.0 Å². The van der Waals surface area contributed by atoms with Crippen molar-refractivity contribution in [2.24, 2.45) is 0 Å². The molecular weight excluding hydrogens is 366 g/mol. The van der Waals surface area contributed by atoms with Crippen LogP contribution in [0.3, 0.4) is 0 Å². The molecule has 0 saturated carbocycles. The molecule has 140 valence electrons. The first-order valence-corrected chi connectivity index (χ1v) is 10.2. The molecule has 3 heteroatoms. The van der Waals surface area contributed by atoms with Crippen molar-refractivity contribution >= 4 is 32.6 Å². The fourth-order valence-electron chi connectivity index (χ4n) is 5.00. The van der Waals surface area contributed by atoms with Gasteiger partial charge in [0.15, 0.2) is 0 Å². The van der Waals surface area contributed by atoms with E-state index in [1.54, 1.807) is 0 Å². The van der Waals surface area contributed by atoms with Crippen LogP contribution in [0.15, 0.2) is 85.3 Å². The topological polar surface area (TPSA) is 30.7 Å². The molecule has 30 heavy (non-hydrogen) atoms. The molecule has 0 unspecified atom stereocenters. The van der Waals surface area contributed by atoms with Gasteiger partial charge >= 0.3 is 0 Å². The first-order valence-electron chi connectivity index (χ1n) is 10.2. The van der Waals surface area contributed by atoms with Crippen LogP contribution in [0.25, 0.3) is 60.6 Å². The van der Waals surface area contributed by atoms with E-state index in [1.165, 1.54) is 54.8 Å². The van der Waals surface area contributed by atoms with E-state index in [4.69, 9.17) is 4.98 Å². The Bertz CT molecular complexity index is 1650. The van der Waals surface area contributed by atoms with Gasteiger partial charge in [0.2, 0.25) is 0 Å². The third kappa shape index (κ3) is 1.94. The summed E-state index contributed by atoms with van der Waals surface area (Å²) in [7, 11) is 0. The number of nitrogens with zero attached hydrogens (tertiary/aromatic N) is 3. The second kappa shape index (κ2) is 5.55. The first kappa shape index (κ1) is 15.9. The number of hydrogen-bond acceptors (Lipinski definition) is 2. The minimum absolute atomic E-state index is 0.946. The number of para-hydroxylation sites is 1. The second-order valence-corrected chi connectivity index (χ2v) is 8.05. The van der Waals surface area contributed by atoms with Crippen molar-refractivity contribution in [1.29, 1.82) is 0 Å². The van der Waals surface area contributed by atoms with Crippen molar-refractivity contribution in [3.63, 3.8) is 0 Å². The van der Waals surface area contributed by atoms with Crippen LogP contribution < -0.4 is 0 Å². The minimum atomic E-state index is 0.946. The van der Waals surface area contributed by atoms with E-state index in [2.05, 4.69) is 83.2 Å². The summed E-state index contributed by atoms with van der Waals surface area (Å²) in [5.74, 6) is 0.946. The van der Waals surface area contributed by atoms with Gasteiger partial charge in [-0.2, -0.15) is 0 Å². The zero-order chi connectivity index (χ0) is 19.8. The summed E-state index contributed by atoms with van der Waals surface area (Å²) in [6.07, 6.45) is 5.91. The maximum absolute atomic E-state index is 4.92. The van der Waals surface area contributed by atoms with Gasteiger partial charge in [0, 0.05) is 51.3 Å². The van der Waals surface area contributed by atoms with Crippen LogP contribution in [-0.4, -0.2) is 14.5 Å². The molecule has 0 radical (unpaired) electrons. The molecule has 3 nitrogen and oxygen atoms in total. The zero-order valence-electron chi connectivity index (χ0n) is 16.4. The van der Waals surface area contributed by atoms with E-state index in [9.17, 15) is 0 Å². The number of pyridine rings is 2. The van der Waals surface area contributed by atoms with E-state index in [0.29, 0.717) is 0 Å². The highest BCUT2D eigenvalue weighted by Crippen LogP contribution is 2.47. The fourth-order valence-corrected chi connectivity index (χ4v) is 5.00. The van der Waals surface area contributed by atoms with Gasteiger partial charge in [-0.15, -0.1) is 0 Å². The highest BCUT2D eigenvalue weighted by Gasteiger charge is 2.23. The fraction of sp³-hybridized carbons (Fsp3) is 0.0370. The van der Waals surface area contributed by atoms with Gasteiger partial charge in [0.1, 0.15) is 5.82 Å². The highest BCUT2D eigenvalue weighted by molar-refractivity contribution is 6.15. The molecule has 0 bridgehead atoms. The zero-order valence-corrected chi connectivity index (χ0v) is 16.4. The number of benzene rings is 3. The van der Waals surface area contributed by atoms with Crippen LogP contribution >= 0.6 is 0 Å². The Morgan fingerprint density at radius 2 is 1.57 bits per heavy atom. The number of aromatic nitrogens is 3. The lowest BCUT2D eigenvalue weighted by atomic mass is 10.1. The van der Waals surface area contributed by atoms with Crippen LogP contribution in [0.4, 0.5) is 0 Å². The van der Waals surface area contributed by atoms with Crippen molar-refractivity contribution in [1.82, 2.24) is 14.5 Å². The minimum Gasteiger partial charge on any atom is -0.294 e. The molecule has 0 aliphatic heterocycles. The molecule has 0 spiro atoms.